The number of alkyl halides is 3. The zero-order valence-corrected chi connectivity index (χ0v) is 9.63. The van der Waals surface area contributed by atoms with Gasteiger partial charge in [0.15, 0.2) is 10.9 Å². The maximum absolute atomic E-state index is 12.6. The first-order valence-electron chi connectivity index (χ1n) is 4.90. The van der Waals surface area contributed by atoms with E-state index >= 15 is 0 Å². The summed E-state index contributed by atoms with van der Waals surface area (Å²) in [6, 6.07) is 6.04. The lowest BCUT2D eigenvalue weighted by atomic mass is 10.0. The quantitative estimate of drug-likeness (QED) is 0.793. The fraction of sp³-hybridized carbons (Fsp3) is 0.0833. The average Bonchev–Trinajstić information content (AvgIpc) is 2.32. The molecule has 0 amide bonds. The number of aromatic hydroxyl groups is 1. The van der Waals surface area contributed by atoms with Crippen LogP contribution in [0.3, 0.4) is 0 Å². The van der Waals surface area contributed by atoms with E-state index in [0.717, 1.165) is 12.1 Å². The number of rotatable bonds is 1. The summed E-state index contributed by atoms with van der Waals surface area (Å²) in [7, 11) is 0. The Morgan fingerprint density at radius 1 is 1.17 bits per heavy atom. The number of pyridine rings is 1. The van der Waals surface area contributed by atoms with E-state index in [2.05, 4.69) is 4.98 Å². The van der Waals surface area contributed by atoms with E-state index in [0.29, 0.717) is 0 Å². The minimum Gasteiger partial charge on any atom is -0.504 e. The number of hydrogen-bond acceptors (Lipinski definition) is 2. The summed E-state index contributed by atoms with van der Waals surface area (Å²) in [5.74, 6) is -0.335. The Hall–Kier alpha value is -1.75. The molecule has 0 unspecified atom stereocenters. The molecular weight excluding hydrogens is 267 g/mol. The van der Waals surface area contributed by atoms with Crippen molar-refractivity contribution >= 4 is 11.6 Å². The van der Waals surface area contributed by atoms with Crippen LogP contribution in [0.5, 0.6) is 5.75 Å². The molecule has 2 rings (SSSR count). The zero-order chi connectivity index (χ0) is 13.3. The molecule has 0 radical (unpaired) electrons. The van der Waals surface area contributed by atoms with Gasteiger partial charge in [-0.3, -0.25) is 0 Å². The molecule has 0 aliphatic heterocycles. The number of benzene rings is 1. The lowest BCUT2D eigenvalue weighted by Crippen LogP contribution is -2.04. The van der Waals surface area contributed by atoms with Crippen LogP contribution in [0.4, 0.5) is 13.2 Å². The summed E-state index contributed by atoms with van der Waals surface area (Å²) in [4.78, 5) is 3.63. The fourth-order valence-corrected chi connectivity index (χ4v) is 1.68. The van der Waals surface area contributed by atoms with Crippen molar-refractivity contribution in [1.82, 2.24) is 4.98 Å². The van der Waals surface area contributed by atoms with Crippen molar-refractivity contribution in [3.63, 3.8) is 0 Å². The van der Waals surface area contributed by atoms with E-state index in [9.17, 15) is 18.3 Å². The second-order valence-electron chi connectivity index (χ2n) is 3.58. The second-order valence-corrected chi connectivity index (χ2v) is 3.93. The molecule has 1 heterocycles. The van der Waals surface area contributed by atoms with Crippen molar-refractivity contribution in [2.45, 2.75) is 6.18 Å². The molecule has 94 valence electrons. The zero-order valence-electron chi connectivity index (χ0n) is 8.87. The van der Waals surface area contributed by atoms with Crippen LogP contribution in [0.15, 0.2) is 36.5 Å². The van der Waals surface area contributed by atoms with Crippen molar-refractivity contribution in [2.75, 3.05) is 0 Å². The molecule has 0 aliphatic rings. The predicted molar refractivity (Wildman–Crippen MR) is 61.3 cm³/mol. The van der Waals surface area contributed by atoms with Gasteiger partial charge in [-0.25, -0.2) is 4.98 Å². The molecule has 0 atom stereocenters. The number of aromatic nitrogens is 1. The van der Waals surface area contributed by atoms with Gasteiger partial charge >= 0.3 is 6.18 Å². The molecule has 18 heavy (non-hydrogen) atoms. The second kappa shape index (κ2) is 4.49. The summed E-state index contributed by atoms with van der Waals surface area (Å²) in [6.07, 6.45) is -3.11. The van der Waals surface area contributed by atoms with Gasteiger partial charge in [0.1, 0.15) is 0 Å². The first kappa shape index (κ1) is 12.7. The summed E-state index contributed by atoms with van der Waals surface area (Å²) in [6.45, 7) is 0. The highest BCUT2D eigenvalue weighted by molar-refractivity contribution is 6.31. The SMILES string of the molecule is Oc1c(-c2cccc(C(F)(F)F)c2)ccnc1Cl. The maximum Gasteiger partial charge on any atom is 0.416 e. The molecule has 0 aliphatic carbocycles. The molecule has 1 aromatic heterocycles. The van der Waals surface area contributed by atoms with Gasteiger partial charge in [0, 0.05) is 11.8 Å². The molecule has 1 N–H and O–H groups in total. The largest absolute Gasteiger partial charge is 0.504 e. The van der Waals surface area contributed by atoms with Crippen LogP contribution < -0.4 is 0 Å². The van der Waals surface area contributed by atoms with Crippen molar-refractivity contribution in [3.8, 4) is 16.9 Å². The smallest absolute Gasteiger partial charge is 0.416 e. The minimum atomic E-state index is -4.43. The van der Waals surface area contributed by atoms with E-state index in [1.54, 1.807) is 0 Å². The first-order valence-corrected chi connectivity index (χ1v) is 5.28. The molecule has 2 aromatic rings. The van der Waals surface area contributed by atoms with Gasteiger partial charge < -0.3 is 5.11 Å². The first-order chi connectivity index (χ1) is 8.39. The lowest BCUT2D eigenvalue weighted by molar-refractivity contribution is -0.137. The van der Waals surface area contributed by atoms with Crippen LogP contribution in [-0.4, -0.2) is 10.1 Å². The van der Waals surface area contributed by atoms with Gasteiger partial charge in [-0.1, -0.05) is 23.7 Å². The minimum absolute atomic E-state index is 0.148. The van der Waals surface area contributed by atoms with Crippen LogP contribution in [0.1, 0.15) is 5.56 Å². The molecule has 1 aromatic carbocycles. The van der Waals surface area contributed by atoms with Crippen molar-refractivity contribution in [2.24, 2.45) is 0 Å². The number of nitrogens with zero attached hydrogens (tertiary/aromatic N) is 1. The van der Waals surface area contributed by atoms with Gasteiger partial charge in [-0.2, -0.15) is 13.2 Å². The highest BCUT2D eigenvalue weighted by Crippen LogP contribution is 2.36. The Kier molecular flexibility index (Phi) is 3.17. The standard InChI is InChI=1S/C12H7ClF3NO/c13-11-10(18)9(4-5-17-11)7-2-1-3-8(6-7)12(14,15)16/h1-6,18H. The Bertz CT molecular complexity index is 584. The monoisotopic (exact) mass is 273 g/mol. The molecule has 0 saturated carbocycles. The number of hydrogen-bond donors (Lipinski definition) is 1. The van der Waals surface area contributed by atoms with Gasteiger partial charge in [0.05, 0.1) is 5.56 Å². The number of halogens is 4. The summed E-state index contributed by atoms with van der Waals surface area (Å²) < 4.78 is 37.7. The molecular formula is C12H7ClF3NO. The van der Waals surface area contributed by atoms with Crippen LogP contribution in [-0.2, 0) is 6.18 Å². The van der Waals surface area contributed by atoms with E-state index in [1.165, 1.54) is 24.4 Å². The summed E-state index contributed by atoms with van der Waals surface area (Å²) in [5, 5.41) is 9.52. The Balaban J connectivity index is 2.55. The molecule has 0 spiro atoms. The van der Waals surface area contributed by atoms with Gasteiger partial charge in [-0.15, -0.1) is 0 Å². The molecule has 0 saturated heterocycles. The van der Waals surface area contributed by atoms with Crippen molar-refractivity contribution < 1.29 is 18.3 Å². The molecule has 2 nitrogen and oxygen atoms in total. The van der Waals surface area contributed by atoms with Crippen LogP contribution in [0.2, 0.25) is 5.15 Å². The van der Waals surface area contributed by atoms with E-state index < -0.39 is 11.7 Å². The Morgan fingerprint density at radius 3 is 2.56 bits per heavy atom. The molecule has 0 fully saturated rings. The van der Waals surface area contributed by atoms with Crippen LogP contribution >= 0.6 is 11.6 Å². The van der Waals surface area contributed by atoms with Crippen molar-refractivity contribution in [1.29, 1.82) is 0 Å². The fourth-order valence-electron chi connectivity index (χ4n) is 1.52. The molecule has 6 heteroatoms. The highest BCUT2D eigenvalue weighted by atomic mass is 35.5. The topological polar surface area (TPSA) is 33.1 Å². The third-order valence-corrected chi connectivity index (χ3v) is 2.66. The van der Waals surface area contributed by atoms with Gasteiger partial charge in [0.25, 0.3) is 0 Å². The van der Waals surface area contributed by atoms with E-state index in [1.807, 2.05) is 0 Å². The van der Waals surface area contributed by atoms with Gasteiger partial charge in [0.2, 0.25) is 0 Å². The van der Waals surface area contributed by atoms with Crippen molar-refractivity contribution in [3.05, 3.63) is 47.2 Å². The predicted octanol–water partition coefficient (Wildman–Crippen LogP) is 4.13. The lowest BCUT2D eigenvalue weighted by Gasteiger charge is -2.10. The summed E-state index contributed by atoms with van der Waals surface area (Å²) >= 11 is 5.61. The van der Waals surface area contributed by atoms with E-state index in [-0.39, 0.29) is 22.0 Å². The molecule has 0 bridgehead atoms. The highest BCUT2D eigenvalue weighted by Gasteiger charge is 2.30. The third kappa shape index (κ3) is 2.41. The Labute approximate surface area is 106 Å². The maximum atomic E-state index is 12.6. The van der Waals surface area contributed by atoms with Crippen LogP contribution in [0.25, 0.3) is 11.1 Å². The third-order valence-electron chi connectivity index (χ3n) is 2.38. The van der Waals surface area contributed by atoms with Crippen LogP contribution in [0, 0.1) is 0 Å². The summed E-state index contributed by atoms with van der Waals surface area (Å²) in [5.41, 5.74) is -0.347. The van der Waals surface area contributed by atoms with Gasteiger partial charge in [-0.05, 0) is 23.8 Å². The average molecular weight is 274 g/mol. The Morgan fingerprint density at radius 2 is 1.89 bits per heavy atom. The van der Waals surface area contributed by atoms with E-state index in [4.69, 9.17) is 11.6 Å². The normalized spacial score (nSPS) is 11.6.